The van der Waals surface area contributed by atoms with E-state index in [1.165, 1.54) is 12.3 Å². The van der Waals surface area contributed by atoms with Crippen molar-refractivity contribution in [1.82, 2.24) is 16.0 Å². The molecule has 110 valence electrons. The summed E-state index contributed by atoms with van der Waals surface area (Å²) in [4.78, 5) is 34.4. The summed E-state index contributed by atoms with van der Waals surface area (Å²) in [6.45, 7) is 5.18. The highest BCUT2D eigenvalue weighted by molar-refractivity contribution is 5.94. The Hall–Kier alpha value is -2.31. The summed E-state index contributed by atoms with van der Waals surface area (Å²) in [5.74, 6) is -1.09. The Labute approximate surface area is 117 Å². The van der Waals surface area contributed by atoms with Crippen LogP contribution >= 0.6 is 0 Å². The van der Waals surface area contributed by atoms with Crippen LogP contribution < -0.4 is 16.0 Å². The van der Waals surface area contributed by atoms with Crippen molar-refractivity contribution in [2.75, 3.05) is 13.1 Å². The summed E-state index contributed by atoms with van der Waals surface area (Å²) in [7, 11) is 0. The Morgan fingerprint density at radius 3 is 2.30 bits per heavy atom. The lowest BCUT2D eigenvalue weighted by atomic mass is 10.1. The van der Waals surface area contributed by atoms with Crippen LogP contribution in [0.5, 0.6) is 0 Å². The predicted molar refractivity (Wildman–Crippen MR) is 71.9 cm³/mol. The van der Waals surface area contributed by atoms with Crippen molar-refractivity contribution in [3.05, 3.63) is 24.2 Å². The van der Waals surface area contributed by atoms with Gasteiger partial charge in [0.1, 0.15) is 0 Å². The standard InChI is InChI=1S/C13H19N3O4/c1-13(2,3)16-11(18)8-14-10(17)7-15-12(19)9-5-4-6-20-9/h4-6H,7-8H2,1-3H3,(H,14,17)(H,15,19)(H,16,18). The van der Waals surface area contributed by atoms with Crippen LogP contribution in [0.4, 0.5) is 0 Å². The molecule has 0 unspecified atom stereocenters. The van der Waals surface area contributed by atoms with Crippen LogP contribution in [0.3, 0.4) is 0 Å². The van der Waals surface area contributed by atoms with E-state index < -0.39 is 11.8 Å². The highest BCUT2D eigenvalue weighted by atomic mass is 16.3. The van der Waals surface area contributed by atoms with Crippen molar-refractivity contribution in [1.29, 1.82) is 0 Å². The lowest BCUT2D eigenvalue weighted by molar-refractivity contribution is -0.126. The molecule has 0 aliphatic rings. The van der Waals surface area contributed by atoms with E-state index in [1.54, 1.807) is 6.07 Å². The van der Waals surface area contributed by atoms with Gasteiger partial charge in [-0.1, -0.05) is 0 Å². The van der Waals surface area contributed by atoms with Crippen LogP contribution in [-0.2, 0) is 9.59 Å². The maximum atomic E-state index is 11.5. The molecule has 0 radical (unpaired) electrons. The molecule has 0 saturated heterocycles. The van der Waals surface area contributed by atoms with E-state index in [-0.39, 0.29) is 30.3 Å². The molecule has 1 rings (SSSR count). The van der Waals surface area contributed by atoms with Gasteiger partial charge in [-0.15, -0.1) is 0 Å². The van der Waals surface area contributed by atoms with Gasteiger partial charge in [0.2, 0.25) is 11.8 Å². The summed E-state index contributed by atoms with van der Waals surface area (Å²) in [5.41, 5.74) is -0.352. The van der Waals surface area contributed by atoms with Gasteiger partial charge in [0, 0.05) is 5.54 Å². The van der Waals surface area contributed by atoms with Crippen LogP contribution in [0.25, 0.3) is 0 Å². The van der Waals surface area contributed by atoms with Gasteiger partial charge in [-0.2, -0.15) is 0 Å². The fraction of sp³-hybridized carbons (Fsp3) is 0.462. The average molecular weight is 281 g/mol. The molecular weight excluding hydrogens is 262 g/mol. The molecule has 1 heterocycles. The molecule has 0 bridgehead atoms. The fourth-order valence-corrected chi connectivity index (χ4v) is 1.36. The molecule has 0 aliphatic carbocycles. The molecule has 7 nitrogen and oxygen atoms in total. The van der Waals surface area contributed by atoms with Gasteiger partial charge in [0.25, 0.3) is 5.91 Å². The van der Waals surface area contributed by atoms with Crippen molar-refractivity contribution in [2.24, 2.45) is 0 Å². The minimum atomic E-state index is -0.482. The number of furan rings is 1. The van der Waals surface area contributed by atoms with Gasteiger partial charge < -0.3 is 20.4 Å². The lowest BCUT2D eigenvalue weighted by Crippen LogP contribution is -2.47. The monoisotopic (exact) mass is 281 g/mol. The van der Waals surface area contributed by atoms with Crippen molar-refractivity contribution < 1.29 is 18.8 Å². The zero-order valence-electron chi connectivity index (χ0n) is 11.8. The third kappa shape index (κ3) is 6.03. The first-order chi connectivity index (χ1) is 9.28. The van der Waals surface area contributed by atoms with Crippen molar-refractivity contribution >= 4 is 17.7 Å². The van der Waals surface area contributed by atoms with Crippen molar-refractivity contribution in [3.63, 3.8) is 0 Å². The van der Waals surface area contributed by atoms with E-state index in [4.69, 9.17) is 4.42 Å². The van der Waals surface area contributed by atoms with Crippen LogP contribution in [0, 0.1) is 0 Å². The maximum absolute atomic E-state index is 11.5. The zero-order chi connectivity index (χ0) is 15.2. The molecule has 20 heavy (non-hydrogen) atoms. The first-order valence-electron chi connectivity index (χ1n) is 6.17. The summed E-state index contributed by atoms with van der Waals surface area (Å²) < 4.78 is 4.87. The molecule has 1 aromatic rings. The molecule has 0 spiro atoms. The Bertz CT molecular complexity index is 474. The summed E-state index contributed by atoms with van der Waals surface area (Å²) in [5, 5.41) is 7.50. The highest BCUT2D eigenvalue weighted by Crippen LogP contribution is 1.98. The van der Waals surface area contributed by atoms with Crippen LogP contribution in [0.1, 0.15) is 31.3 Å². The smallest absolute Gasteiger partial charge is 0.287 e. The summed E-state index contributed by atoms with van der Waals surface area (Å²) in [6.07, 6.45) is 1.37. The highest BCUT2D eigenvalue weighted by Gasteiger charge is 2.15. The number of carbonyl (C=O) groups is 3. The minimum absolute atomic E-state index is 0.128. The molecule has 0 fully saturated rings. The Morgan fingerprint density at radius 2 is 1.75 bits per heavy atom. The molecule has 0 atom stereocenters. The number of hydrogen-bond donors (Lipinski definition) is 3. The number of amides is 3. The average Bonchev–Trinajstić information content (AvgIpc) is 2.85. The largest absolute Gasteiger partial charge is 0.459 e. The van der Waals surface area contributed by atoms with Crippen LogP contribution in [-0.4, -0.2) is 36.3 Å². The number of hydrogen-bond acceptors (Lipinski definition) is 4. The first kappa shape index (κ1) is 15.7. The molecule has 7 heteroatoms. The molecule has 0 aromatic carbocycles. The molecule has 0 saturated carbocycles. The molecule has 0 aliphatic heterocycles. The Morgan fingerprint density at radius 1 is 1.10 bits per heavy atom. The molecule has 1 aromatic heterocycles. The third-order valence-electron chi connectivity index (χ3n) is 2.12. The van der Waals surface area contributed by atoms with Gasteiger partial charge in [-0.05, 0) is 32.9 Å². The van der Waals surface area contributed by atoms with Gasteiger partial charge in [0.15, 0.2) is 5.76 Å². The molecule has 3 amide bonds. The summed E-state index contributed by atoms with van der Waals surface area (Å²) >= 11 is 0. The van der Waals surface area contributed by atoms with Crippen LogP contribution in [0.15, 0.2) is 22.8 Å². The van der Waals surface area contributed by atoms with E-state index in [9.17, 15) is 14.4 Å². The quantitative estimate of drug-likeness (QED) is 0.709. The second kappa shape index (κ2) is 6.74. The number of nitrogens with one attached hydrogen (secondary N) is 3. The third-order valence-corrected chi connectivity index (χ3v) is 2.12. The van der Waals surface area contributed by atoms with Gasteiger partial charge in [0.05, 0.1) is 19.4 Å². The van der Waals surface area contributed by atoms with E-state index in [1.807, 2.05) is 20.8 Å². The topological polar surface area (TPSA) is 100 Å². The Kier molecular flexibility index (Phi) is 5.31. The maximum Gasteiger partial charge on any atom is 0.287 e. The van der Waals surface area contributed by atoms with Gasteiger partial charge >= 0.3 is 0 Å². The van der Waals surface area contributed by atoms with Crippen molar-refractivity contribution in [2.45, 2.75) is 26.3 Å². The minimum Gasteiger partial charge on any atom is -0.459 e. The predicted octanol–water partition coefficient (Wildman–Crippen LogP) is 0.0403. The SMILES string of the molecule is CC(C)(C)NC(=O)CNC(=O)CNC(=O)c1ccco1. The fourth-order valence-electron chi connectivity index (χ4n) is 1.36. The number of carbonyl (C=O) groups excluding carboxylic acids is 3. The van der Waals surface area contributed by atoms with E-state index in [0.717, 1.165) is 0 Å². The van der Waals surface area contributed by atoms with Gasteiger partial charge in [-0.25, -0.2) is 0 Å². The first-order valence-corrected chi connectivity index (χ1v) is 6.17. The van der Waals surface area contributed by atoms with Gasteiger partial charge in [-0.3, -0.25) is 14.4 Å². The van der Waals surface area contributed by atoms with E-state index in [2.05, 4.69) is 16.0 Å². The second-order valence-electron chi connectivity index (χ2n) is 5.23. The normalized spacial score (nSPS) is 10.8. The van der Waals surface area contributed by atoms with E-state index in [0.29, 0.717) is 0 Å². The van der Waals surface area contributed by atoms with Crippen LogP contribution in [0.2, 0.25) is 0 Å². The molecule has 3 N–H and O–H groups in total. The van der Waals surface area contributed by atoms with E-state index >= 15 is 0 Å². The second-order valence-corrected chi connectivity index (χ2v) is 5.23. The summed E-state index contributed by atoms with van der Waals surface area (Å²) in [6, 6.07) is 3.07. The zero-order valence-corrected chi connectivity index (χ0v) is 11.8. The molecular formula is C13H19N3O4. The lowest BCUT2D eigenvalue weighted by Gasteiger charge is -2.20. The number of rotatable bonds is 5. The Balaban J connectivity index is 2.24. The van der Waals surface area contributed by atoms with Crippen molar-refractivity contribution in [3.8, 4) is 0 Å².